The SMILES string of the molecule is CC(C)CCSCC(=O)NC1CCCCC1CO. The van der Waals surface area contributed by atoms with E-state index in [4.69, 9.17) is 0 Å². The fourth-order valence-electron chi connectivity index (χ4n) is 2.35. The van der Waals surface area contributed by atoms with E-state index in [2.05, 4.69) is 19.2 Å². The summed E-state index contributed by atoms with van der Waals surface area (Å²) < 4.78 is 0. The molecule has 0 aromatic heterocycles. The van der Waals surface area contributed by atoms with Gasteiger partial charge in [0.1, 0.15) is 0 Å². The second-order valence-corrected chi connectivity index (χ2v) is 6.74. The van der Waals surface area contributed by atoms with E-state index in [1.807, 2.05) is 0 Å². The van der Waals surface area contributed by atoms with Crippen LogP contribution in [0.25, 0.3) is 0 Å². The molecule has 1 amide bonds. The van der Waals surface area contributed by atoms with Crippen molar-refractivity contribution in [1.29, 1.82) is 0 Å². The van der Waals surface area contributed by atoms with E-state index in [0.717, 1.165) is 18.6 Å². The fourth-order valence-corrected chi connectivity index (χ4v) is 3.40. The van der Waals surface area contributed by atoms with Gasteiger partial charge in [0.15, 0.2) is 0 Å². The van der Waals surface area contributed by atoms with Crippen molar-refractivity contribution in [3.8, 4) is 0 Å². The summed E-state index contributed by atoms with van der Waals surface area (Å²) in [5.41, 5.74) is 0. The van der Waals surface area contributed by atoms with Crippen LogP contribution in [-0.4, -0.2) is 35.2 Å². The molecule has 2 atom stereocenters. The van der Waals surface area contributed by atoms with E-state index in [1.54, 1.807) is 11.8 Å². The number of hydrogen-bond acceptors (Lipinski definition) is 3. The van der Waals surface area contributed by atoms with Gasteiger partial charge in [-0.3, -0.25) is 4.79 Å². The van der Waals surface area contributed by atoms with Crippen molar-refractivity contribution in [2.45, 2.75) is 52.0 Å². The average Bonchev–Trinajstić information content (AvgIpc) is 2.35. The van der Waals surface area contributed by atoms with Crippen LogP contribution >= 0.6 is 11.8 Å². The first kappa shape index (κ1) is 15.8. The third-order valence-electron chi connectivity index (χ3n) is 3.56. The normalized spacial score (nSPS) is 24.2. The highest BCUT2D eigenvalue weighted by atomic mass is 32.2. The molecule has 106 valence electrons. The summed E-state index contributed by atoms with van der Waals surface area (Å²) in [6, 6.07) is 0.196. The number of aliphatic hydroxyl groups excluding tert-OH is 1. The van der Waals surface area contributed by atoms with Gasteiger partial charge < -0.3 is 10.4 Å². The van der Waals surface area contributed by atoms with Crippen LogP contribution in [0.2, 0.25) is 0 Å². The molecule has 0 aromatic rings. The maximum atomic E-state index is 11.8. The van der Waals surface area contributed by atoms with Gasteiger partial charge in [-0.05, 0) is 30.9 Å². The molecule has 0 aliphatic heterocycles. The number of carbonyl (C=O) groups excluding carboxylic acids is 1. The maximum Gasteiger partial charge on any atom is 0.230 e. The highest BCUT2D eigenvalue weighted by molar-refractivity contribution is 7.99. The van der Waals surface area contributed by atoms with Crippen LogP contribution in [0.3, 0.4) is 0 Å². The molecule has 4 heteroatoms. The van der Waals surface area contributed by atoms with Crippen molar-refractivity contribution in [3.63, 3.8) is 0 Å². The summed E-state index contributed by atoms with van der Waals surface area (Å²) in [5, 5.41) is 12.4. The molecule has 0 aromatic carbocycles. The van der Waals surface area contributed by atoms with Crippen molar-refractivity contribution >= 4 is 17.7 Å². The molecule has 3 nitrogen and oxygen atoms in total. The molecule has 1 aliphatic carbocycles. The van der Waals surface area contributed by atoms with Crippen molar-refractivity contribution < 1.29 is 9.90 Å². The van der Waals surface area contributed by atoms with Gasteiger partial charge in [-0.2, -0.15) is 11.8 Å². The first-order chi connectivity index (χ1) is 8.63. The topological polar surface area (TPSA) is 49.3 Å². The van der Waals surface area contributed by atoms with Crippen LogP contribution in [0.5, 0.6) is 0 Å². The molecule has 0 saturated heterocycles. The Hall–Kier alpha value is -0.220. The number of amides is 1. The van der Waals surface area contributed by atoms with E-state index in [1.165, 1.54) is 19.3 Å². The molecule has 2 unspecified atom stereocenters. The van der Waals surface area contributed by atoms with Crippen LogP contribution in [0, 0.1) is 11.8 Å². The number of rotatable bonds is 7. The Morgan fingerprint density at radius 3 is 2.78 bits per heavy atom. The zero-order chi connectivity index (χ0) is 13.4. The van der Waals surface area contributed by atoms with E-state index in [-0.39, 0.29) is 24.5 Å². The summed E-state index contributed by atoms with van der Waals surface area (Å²) in [4.78, 5) is 11.8. The smallest absolute Gasteiger partial charge is 0.230 e. The van der Waals surface area contributed by atoms with Gasteiger partial charge in [-0.25, -0.2) is 0 Å². The Labute approximate surface area is 115 Å². The molecule has 0 bridgehead atoms. The van der Waals surface area contributed by atoms with Crippen LogP contribution in [0.1, 0.15) is 46.0 Å². The second-order valence-electron chi connectivity index (χ2n) is 5.64. The van der Waals surface area contributed by atoms with Gasteiger partial charge in [0.05, 0.1) is 5.75 Å². The molecule has 0 radical (unpaired) electrons. The number of carbonyl (C=O) groups is 1. The number of thioether (sulfide) groups is 1. The van der Waals surface area contributed by atoms with Gasteiger partial charge in [-0.15, -0.1) is 0 Å². The molecule has 18 heavy (non-hydrogen) atoms. The minimum absolute atomic E-state index is 0.133. The highest BCUT2D eigenvalue weighted by Crippen LogP contribution is 2.24. The lowest BCUT2D eigenvalue weighted by Gasteiger charge is -2.30. The minimum atomic E-state index is 0.133. The van der Waals surface area contributed by atoms with E-state index < -0.39 is 0 Å². The number of aliphatic hydroxyl groups is 1. The lowest BCUT2D eigenvalue weighted by atomic mass is 9.85. The first-order valence-electron chi connectivity index (χ1n) is 7.11. The van der Waals surface area contributed by atoms with Crippen LogP contribution in [0.15, 0.2) is 0 Å². The van der Waals surface area contributed by atoms with Gasteiger partial charge in [0.25, 0.3) is 0 Å². The zero-order valence-electron chi connectivity index (χ0n) is 11.7. The predicted molar refractivity (Wildman–Crippen MR) is 77.8 cm³/mol. The minimum Gasteiger partial charge on any atom is -0.396 e. The van der Waals surface area contributed by atoms with Gasteiger partial charge >= 0.3 is 0 Å². The van der Waals surface area contributed by atoms with Crippen molar-refractivity contribution in [3.05, 3.63) is 0 Å². The van der Waals surface area contributed by atoms with E-state index in [9.17, 15) is 9.90 Å². The van der Waals surface area contributed by atoms with Crippen LogP contribution in [-0.2, 0) is 4.79 Å². The number of nitrogens with one attached hydrogen (secondary N) is 1. The Bertz CT molecular complexity index is 246. The van der Waals surface area contributed by atoms with Crippen LogP contribution in [0.4, 0.5) is 0 Å². The maximum absolute atomic E-state index is 11.8. The van der Waals surface area contributed by atoms with Crippen molar-refractivity contribution in [1.82, 2.24) is 5.32 Å². The largest absolute Gasteiger partial charge is 0.396 e. The summed E-state index contributed by atoms with van der Waals surface area (Å²) in [5.74, 6) is 2.72. The zero-order valence-corrected chi connectivity index (χ0v) is 12.5. The number of hydrogen-bond donors (Lipinski definition) is 2. The summed E-state index contributed by atoms with van der Waals surface area (Å²) in [7, 11) is 0. The van der Waals surface area contributed by atoms with Gasteiger partial charge in [0, 0.05) is 18.6 Å². The Kier molecular flexibility index (Phi) is 7.75. The molecule has 0 spiro atoms. The third-order valence-corrected chi connectivity index (χ3v) is 4.55. The third kappa shape index (κ3) is 6.10. The second kappa shape index (κ2) is 8.81. The van der Waals surface area contributed by atoms with E-state index >= 15 is 0 Å². The van der Waals surface area contributed by atoms with Crippen LogP contribution < -0.4 is 5.32 Å². The molecule has 1 rings (SSSR count). The monoisotopic (exact) mass is 273 g/mol. The van der Waals surface area contributed by atoms with E-state index in [0.29, 0.717) is 11.7 Å². The molecule has 2 N–H and O–H groups in total. The highest BCUT2D eigenvalue weighted by Gasteiger charge is 2.25. The standard InChI is InChI=1S/C14H27NO2S/c1-11(2)7-8-18-10-14(17)15-13-6-4-3-5-12(13)9-16/h11-13,16H,3-10H2,1-2H3,(H,15,17). The summed E-state index contributed by atoms with van der Waals surface area (Å²) in [6.07, 6.45) is 5.58. The van der Waals surface area contributed by atoms with Gasteiger partial charge in [-0.1, -0.05) is 26.7 Å². The predicted octanol–water partition coefficient (Wildman–Crippen LogP) is 2.43. The fraction of sp³-hybridized carbons (Fsp3) is 0.929. The van der Waals surface area contributed by atoms with Crippen molar-refractivity contribution in [2.75, 3.05) is 18.1 Å². The first-order valence-corrected chi connectivity index (χ1v) is 8.27. The lowest BCUT2D eigenvalue weighted by Crippen LogP contribution is -2.44. The molecular weight excluding hydrogens is 246 g/mol. The Morgan fingerprint density at radius 2 is 2.11 bits per heavy atom. The summed E-state index contributed by atoms with van der Waals surface area (Å²) >= 11 is 1.71. The summed E-state index contributed by atoms with van der Waals surface area (Å²) in [6.45, 7) is 4.61. The quantitative estimate of drug-likeness (QED) is 0.700. The molecule has 1 saturated carbocycles. The van der Waals surface area contributed by atoms with Crippen molar-refractivity contribution in [2.24, 2.45) is 11.8 Å². The Balaban J connectivity index is 2.18. The van der Waals surface area contributed by atoms with Gasteiger partial charge in [0.2, 0.25) is 5.91 Å². The molecule has 0 heterocycles. The Morgan fingerprint density at radius 1 is 1.39 bits per heavy atom. The lowest BCUT2D eigenvalue weighted by molar-refractivity contribution is -0.120. The molecule has 1 fully saturated rings. The molecule has 1 aliphatic rings. The average molecular weight is 273 g/mol. The molecular formula is C14H27NO2S.